The van der Waals surface area contributed by atoms with Crippen molar-refractivity contribution in [3.63, 3.8) is 0 Å². The number of hydrogen-bond donors (Lipinski definition) is 1. The molecule has 0 heterocycles. The van der Waals surface area contributed by atoms with Gasteiger partial charge in [-0.15, -0.1) is 0 Å². The summed E-state index contributed by atoms with van der Waals surface area (Å²) in [6.45, 7) is 3.81. The maximum Gasteiger partial charge on any atom is 0.00670 e. The third-order valence-electron chi connectivity index (χ3n) is 7.09. The average Bonchev–Trinajstić information content (AvgIpc) is 2.70. The number of hydrogen-bond acceptors (Lipinski definition) is 1. The van der Waals surface area contributed by atoms with Crippen LogP contribution in [0.4, 0.5) is 0 Å². The zero-order chi connectivity index (χ0) is 17.6. The molecule has 0 aromatic rings. The second-order valence-electron chi connectivity index (χ2n) is 9.28. The molecule has 0 spiro atoms. The Bertz CT molecular complexity index is 288. The first-order valence-corrected chi connectivity index (χ1v) is 12.1. The first-order valence-electron chi connectivity index (χ1n) is 12.1. The molecule has 0 radical (unpaired) electrons. The van der Waals surface area contributed by atoms with E-state index in [-0.39, 0.29) is 0 Å². The van der Waals surface area contributed by atoms with Crippen molar-refractivity contribution in [1.29, 1.82) is 0 Å². The molecule has 0 aromatic carbocycles. The van der Waals surface area contributed by atoms with E-state index in [0.717, 1.165) is 17.9 Å². The molecule has 25 heavy (non-hydrogen) atoms. The molecule has 2 atom stereocenters. The van der Waals surface area contributed by atoms with Crippen molar-refractivity contribution in [3.05, 3.63) is 0 Å². The lowest BCUT2D eigenvalue weighted by Gasteiger charge is -2.25. The molecule has 1 N–H and O–H groups in total. The number of nitrogens with one attached hydrogen (secondary N) is 1. The Morgan fingerprint density at radius 1 is 0.560 bits per heavy atom. The molecule has 2 aliphatic carbocycles. The van der Waals surface area contributed by atoms with E-state index >= 15 is 0 Å². The lowest BCUT2D eigenvalue weighted by molar-refractivity contribution is 0.282. The highest BCUT2D eigenvalue weighted by Crippen LogP contribution is 2.29. The maximum atomic E-state index is 3.99. The van der Waals surface area contributed by atoms with Gasteiger partial charge in [0.1, 0.15) is 0 Å². The lowest BCUT2D eigenvalue weighted by Crippen LogP contribution is -2.31. The minimum absolute atomic E-state index is 0.811. The Morgan fingerprint density at radius 3 is 1.56 bits per heavy atom. The standard InChI is InChI=1S/C24H47N/c1-22-16-12-8-7-9-13-17-23(22)20-21-25-24-18-14-10-5-3-2-4-6-11-15-19-24/h22-25H,2-21H2,1H3. The molecule has 0 amide bonds. The Kier molecular flexibility index (Phi) is 12.0. The Labute approximate surface area is 159 Å². The van der Waals surface area contributed by atoms with Gasteiger partial charge in [-0.25, -0.2) is 0 Å². The van der Waals surface area contributed by atoms with Crippen LogP contribution in [0.15, 0.2) is 0 Å². The summed E-state index contributed by atoms with van der Waals surface area (Å²) >= 11 is 0. The fourth-order valence-corrected chi connectivity index (χ4v) is 5.19. The first kappa shape index (κ1) is 21.3. The number of rotatable bonds is 4. The van der Waals surface area contributed by atoms with Crippen molar-refractivity contribution in [2.24, 2.45) is 11.8 Å². The summed E-state index contributed by atoms with van der Waals surface area (Å²) in [7, 11) is 0. The van der Waals surface area contributed by atoms with Crippen LogP contribution in [0.5, 0.6) is 0 Å². The molecule has 1 nitrogen and oxygen atoms in total. The molecule has 2 rings (SSSR count). The van der Waals surface area contributed by atoms with Crippen LogP contribution < -0.4 is 5.32 Å². The smallest absolute Gasteiger partial charge is 0.00670 e. The van der Waals surface area contributed by atoms with E-state index in [1.54, 1.807) is 0 Å². The third kappa shape index (κ3) is 10.0. The van der Waals surface area contributed by atoms with Crippen molar-refractivity contribution in [3.8, 4) is 0 Å². The van der Waals surface area contributed by atoms with E-state index in [1.807, 2.05) is 0 Å². The SMILES string of the molecule is CC1CCCCCCCC1CCNC1CCCCCCCCCCC1. The van der Waals surface area contributed by atoms with Crippen molar-refractivity contribution in [1.82, 2.24) is 5.32 Å². The largest absolute Gasteiger partial charge is 0.314 e. The zero-order valence-electron chi connectivity index (χ0n) is 17.4. The molecule has 0 bridgehead atoms. The van der Waals surface area contributed by atoms with Crippen LogP contribution in [0.1, 0.15) is 129 Å². The topological polar surface area (TPSA) is 12.0 Å². The summed E-state index contributed by atoms with van der Waals surface area (Å²) in [6, 6.07) is 0.811. The summed E-state index contributed by atoms with van der Waals surface area (Å²) < 4.78 is 0. The highest BCUT2D eigenvalue weighted by molar-refractivity contribution is 4.73. The van der Waals surface area contributed by atoms with Crippen LogP contribution in [0.2, 0.25) is 0 Å². The summed E-state index contributed by atoms with van der Waals surface area (Å²) in [6.07, 6.45) is 27.9. The van der Waals surface area contributed by atoms with Gasteiger partial charge in [0, 0.05) is 6.04 Å². The van der Waals surface area contributed by atoms with E-state index < -0.39 is 0 Å². The molecule has 2 unspecified atom stereocenters. The van der Waals surface area contributed by atoms with E-state index in [2.05, 4.69) is 12.2 Å². The van der Waals surface area contributed by atoms with Gasteiger partial charge in [0.15, 0.2) is 0 Å². The van der Waals surface area contributed by atoms with Crippen LogP contribution in [0, 0.1) is 11.8 Å². The molecule has 1 heteroatoms. The molecule has 148 valence electrons. The van der Waals surface area contributed by atoms with E-state index in [0.29, 0.717) is 0 Å². The molecule has 0 aromatic heterocycles. The second kappa shape index (κ2) is 14.1. The van der Waals surface area contributed by atoms with Crippen LogP contribution in [0.3, 0.4) is 0 Å². The zero-order valence-corrected chi connectivity index (χ0v) is 17.4. The Balaban J connectivity index is 1.68. The van der Waals surface area contributed by atoms with E-state index in [9.17, 15) is 0 Å². The molecule has 2 saturated carbocycles. The Hall–Kier alpha value is -0.0400. The van der Waals surface area contributed by atoms with Crippen molar-refractivity contribution >= 4 is 0 Å². The van der Waals surface area contributed by atoms with Crippen LogP contribution >= 0.6 is 0 Å². The summed E-state index contributed by atoms with van der Waals surface area (Å²) in [5, 5.41) is 3.99. The summed E-state index contributed by atoms with van der Waals surface area (Å²) in [5.74, 6) is 1.94. The molecular weight excluding hydrogens is 302 g/mol. The summed E-state index contributed by atoms with van der Waals surface area (Å²) in [4.78, 5) is 0. The van der Waals surface area contributed by atoms with Crippen LogP contribution in [0.25, 0.3) is 0 Å². The molecule has 0 saturated heterocycles. The van der Waals surface area contributed by atoms with Crippen molar-refractivity contribution < 1.29 is 0 Å². The lowest BCUT2D eigenvalue weighted by atomic mass is 9.84. The molecule has 2 fully saturated rings. The van der Waals surface area contributed by atoms with Gasteiger partial charge in [0.05, 0.1) is 0 Å². The highest BCUT2D eigenvalue weighted by Gasteiger charge is 2.18. The van der Waals surface area contributed by atoms with Crippen LogP contribution in [-0.4, -0.2) is 12.6 Å². The third-order valence-corrected chi connectivity index (χ3v) is 7.09. The maximum absolute atomic E-state index is 3.99. The van der Waals surface area contributed by atoms with Crippen molar-refractivity contribution in [2.75, 3.05) is 6.54 Å². The predicted molar refractivity (Wildman–Crippen MR) is 112 cm³/mol. The normalized spacial score (nSPS) is 29.6. The average molecular weight is 350 g/mol. The van der Waals surface area contributed by atoms with Gasteiger partial charge in [-0.05, 0) is 37.6 Å². The quantitative estimate of drug-likeness (QED) is 0.550. The van der Waals surface area contributed by atoms with Crippen molar-refractivity contribution in [2.45, 2.75) is 135 Å². The Morgan fingerprint density at radius 2 is 1.00 bits per heavy atom. The molecule has 2 aliphatic rings. The fraction of sp³-hybridized carbons (Fsp3) is 1.00. The minimum Gasteiger partial charge on any atom is -0.314 e. The van der Waals surface area contributed by atoms with Gasteiger partial charge in [0.2, 0.25) is 0 Å². The van der Waals surface area contributed by atoms with Gasteiger partial charge < -0.3 is 5.32 Å². The van der Waals surface area contributed by atoms with E-state index in [1.165, 1.54) is 129 Å². The van der Waals surface area contributed by atoms with Crippen LogP contribution in [-0.2, 0) is 0 Å². The molecule has 0 aliphatic heterocycles. The van der Waals surface area contributed by atoms with Gasteiger partial charge in [-0.1, -0.05) is 110 Å². The minimum atomic E-state index is 0.811. The second-order valence-corrected chi connectivity index (χ2v) is 9.28. The monoisotopic (exact) mass is 349 g/mol. The van der Waals surface area contributed by atoms with Gasteiger partial charge in [-0.3, -0.25) is 0 Å². The van der Waals surface area contributed by atoms with Gasteiger partial charge in [-0.2, -0.15) is 0 Å². The predicted octanol–water partition coefficient (Wildman–Crippen LogP) is 7.64. The summed E-state index contributed by atoms with van der Waals surface area (Å²) in [5.41, 5.74) is 0. The fourth-order valence-electron chi connectivity index (χ4n) is 5.19. The van der Waals surface area contributed by atoms with Gasteiger partial charge >= 0.3 is 0 Å². The molecular formula is C24H47N. The van der Waals surface area contributed by atoms with E-state index in [4.69, 9.17) is 0 Å². The van der Waals surface area contributed by atoms with Gasteiger partial charge in [0.25, 0.3) is 0 Å². The first-order chi connectivity index (χ1) is 12.4. The highest BCUT2D eigenvalue weighted by atomic mass is 14.9.